The number of aromatic nitrogens is 3. The van der Waals surface area contributed by atoms with Crippen LogP contribution >= 0.6 is 0 Å². The van der Waals surface area contributed by atoms with Gasteiger partial charge in [0.25, 0.3) is 0 Å². The maximum Gasteiger partial charge on any atom is 0.126 e. The minimum absolute atomic E-state index is 0.204. The Morgan fingerprint density at radius 1 is 1.10 bits per heavy atom. The van der Waals surface area contributed by atoms with Gasteiger partial charge in [0.1, 0.15) is 5.82 Å². The molecule has 0 amide bonds. The molecule has 0 unspecified atom stereocenters. The molecule has 3 nitrogen and oxygen atoms in total. The Balaban J connectivity index is 1.86. The van der Waals surface area contributed by atoms with Crippen LogP contribution < -0.4 is 0 Å². The largest absolute Gasteiger partial charge is 0.268 e. The fourth-order valence-corrected chi connectivity index (χ4v) is 2.19. The minimum atomic E-state index is -0.204. The molecule has 3 rings (SSSR count). The molecule has 3 aromatic rings. The van der Waals surface area contributed by atoms with Crippen molar-refractivity contribution in [3.05, 3.63) is 71.4 Å². The molecule has 21 heavy (non-hydrogen) atoms. The van der Waals surface area contributed by atoms with Gasteiger partial charge >= 0.3 is 0 Å². The van der Waals surface area contributed by atoms with Crippen LogP contribution in [0.1, 0.15) is 16.7 Å². The first kappa shape index (κ1) is 13.5. The maximum absolute atomic E-state index is 13.6. The van der Waals surface area contributed by atoms with Crippen molar-refractivity contribution in [3.8, 4) is 11.3 Å². The Labute approximate surface area is 123 Å². The van der Waals surface area contributed by atoms with Crippen LogP contribution in [0.4, 0.5) is 4.39 Å². The van der Waals surface area contributed by atoms with Crippen molar-refractivity contribution in [1.29, 1.82) is 0 Å². The SMILES string of the molecule is Cc1ccc(-c2ccn(Cc3cnccc3C)n2)cc1F. The molecule has 0 bridgehead atoms. The summed E-state index contributed by atoms with van der Waals surface area (Å²) in [5, 5.41) is 4.51. The highest BCUT2D eigenvalue weighted by Crippen LogP contribution is 2.20. The van der Waals surface area contributed by atoms with Gasteiger partial charge in [-0.05, 0) is 48.7 Å². The van der Waals surface area contributed by atoms with E-state index in [1.165, 1.54) is 11.6 Å². The van der Waals surface area contributed by atoms with Gasteiger partial charge in [0, 0.05) is 24.2 Å². The van der Waals surface area contributed by atoms with Crippen LogP contribution in [0.3, 0.4) is 0 Å². The number of hydrogen-bond donors (Lipinski definition) is 0. The summed E-state index contributed by atoms with van der Waals surface area (Å²) in [5.41, 5.74) is 4.52. The third-order valence-corrected chi connectivity index (χ3v) is 3.59. The topological polar surface area (TPSA) is 30.7 Å². The lowest BCUT2D eigenvalue weighted by molar-refractivity contribution is 0.618. The molecule has 0 saturated carbocycles. The molecule has 0 saturated heterocycles. The van der Waals surface area contributed by atoms with Crippen molar-refractivity contribution in [1.82, 2.24) is 14.8 Å². The summed E-state index contributed by atoms with van der Waals surface area (Å²) >= 11 is 0. The molecule has 2 aromatic heterocycles. The van der Waals surface area contributed by atoms with E-state index in [9.17, 15) is 4.39 Å². The van der Waals surface area contributed by atoms with Crippen LogP contribution in [0.15, 0.2) is 48.9 Å². The molecule has 0 spiro atoms. The number of nitrogens with zero attached hydrogens (tertiary/aromatic N) is 3. The average Bonchev–Trinajstić information content (AvgIpc) is 2.93. The zero-order valence-electron chi connectivity index (χ0n) is 12.0. The molecule has 0 N–H and O–H groups in total. The van der Waals surface area contributed by atoms with Gasteiger partial charge in [0.05, 0.1) is 12.2 Å². The molecule has 106 valence electrons. The van der Waals surface area contributed by atoms with Crippen LogP contribution in [-0.2, 0) is 6.54 Å². The number of rotatable bonds is 3. The van der Waals surface area contributed by atoms with E-state index in [-0.39, 0.29) is 5.82 Å². The lowest BCUT2D eigenvalue weighted by atomic mass is 10.1. The number of pyridine rings is 1. The van der Waals surface area contributed by atoms with E-state index in [0.717, 1.165) is 16.8 Å². The normalized spacial score (nSPS) is 10.8. The minimum Gasteiger partial charge on any atom is -0.268 e. The number of hydrogen-bond acceptors (Lipinski definition) is 2. The lowest BCUT2D eigenvalue weighted by Crippen LogP contribution is -2.02. The highest BCUT2D eigenvalue weighted by Gasteiger charge is 2.06. The molecule has 0 aliphatic carbocycles. The second-order valence-corrected chi connectivity index (χ2v) is 5.16. The van der Waals surface area contributed by atoms with Gasteiger partial charge in [-0.2, -0.15) is 5.10 Å². The molecular formula is C17H16FN3. The Kier molecular flexibility index (Phi) is 3.52. The van der Waals surface area contributed by atoms with E-state index >= 15 is 0 Å². The van der Waals surface area contributed by atoms with Gasteiger partial charge in [0.15, 0.2) is 0 Å². The van der Waals surface area contributed by atoms with Crippen LogP contribution in [-0.4, -0.2) is 14.8 Å². The van der Waals surface area contributed by atoms with Crippen LogP contribution in [0.5, 0.6) is 0 Å². The molecule has 0 aliphatic rings. The first-order valence-electron chi connectivity index (χ1n) is 6.83. The Morgan fingerprint density at radius 2 is 1.95 bits per heavy atom. The second-order valence-electron chi connectivity index (χ2n) is 5.16. The summed E-state index contributed by atoms with van der Waals surface area (Å²) in [6.07, 6.45) is 5.53. The lowest BCUT2D eigenvalue weighted by Gasteiger charge is -2.05. The van der Waals surface area contributed by atoms with Gasteiger partial charge in [-0.25, -0.2) is 4.39 Å². The Bertz CT molecular complexity index is 777. The van der Waals surface area contributed by atoms with Gasteiger partial charge in [-0.3, -0.25) is 9.67 Å². The third kappa shape index (κ3) is 2.84. The fraction of sp³-hybridized carbons (Fsp3) is 0.176. The van der Waals surface area contributed by atoms with E-state index < -0.39 is 0 Å². The van der Waals surface area contributed by atoms with Crippen molar-refractivity contribution in [2.75, 3.05) is 0 Å². The highest BCUT2D eigenvalue weighted by molar-refractivity contribution is 5.59. The van der Waals surface area contributed by atoms with E-state index in [2.05, 4.69) is 17.0 Å². The van der Waals surface area contributed by atoms with Crippen LogP contribution in [0, 0.1) is 19.7 Å². The van der Waals surface area contributed by atoms with E-state index in [4.69, 9.17) is 0 Å². The summed E-state index contributed by atoms with van der Waals surface area (Å²) in [7, 11) is 0. The van der Waals surface area contributed by atoms with Crippen molar-refractivity contribution in [2.45, 2.75) is 20.4 Å². The molecular weight excluding hydrogens is 265 g/mol. The zero-order valence-corrected chi connectivity index (χ0v) is 12.0. The summed E-state index contributed by atoms with van der Waals surface area (Å²) < 4.78 is 15.5. The molecule has 0 radical (unpaired) electrons. The predicted octanol–water partition coefficient (Wildman–Crippen LogP) is 3.75. The quantitative estimate of drug-likeness (QED) is 0.732. The Hall–Kier alpha value is -2.49. The van der Waals surface area contributed by atoms with E-state index in [0.29, 0.717) is 12.1 Å². The predicted molar refractivity (Wildman–Crippen MR) is 80.4 cm³/mol. The highest BCUT2D eigenvalue weighted by atomic mass is 19.1. The summed E-state index contributed by atoms with van der Waals surface area (Å²) in [6.45, 7) is 4.47. The maximum atomic E-state index is 13.6. The van der Waals surface area contributed by atoms with Crippen molar-refractivity contribution < 1.29 is 4.39 Å². The molecule has 1 aromatic carbocycles. The van der Waals surface area contributed by atoms with Gasteiger partial charge < -0.3 is 0 Å². The smallest absolute Gasteiger partial charge is 0.126 e. The van der Waals surface area contributed by atoms with Gasteiger partial charge in [-0.15, -0.1) is 0 Å². The molecule has 2 heterocycles. The zero-order chi connectivity index (χ0) is 14.8. The first-order chi connectivity index (χ1) is 10.1. The first-order valence-corrected chi connectivity index (χ1v) is 6.83. The van der Waals surface area contributed by atoms with Crippen LogP contribution in [0.25, 0.3) is 11.3 Å². The van der Waals surface area contributed by atoms with E-state index in [1.807, 2.05) is 35.3 Å². The van der Waals surface area contributed by atoms with Crippen molar-refractivity contribution in [3.63, 3.8) is 0 Å². The summed E-state index contributed by atoms with van der Waals surface area (Å²) in [5.74, 6) is -0.204. The van der Waals surface area contributed by atoms with E-state index in [1.54, 1.807) is 19.2 Å². The second kappa shape index (κ2) is 5.48. The molecule has 0 aliphatic heterocycles. The fourth-order valence-electron chi connectivity index (χ4n) is 2.19. The van der Waals surface area contributed by atoms with Gasteiger partial charge in [0.2, 0.25) is 0 Å². The van der Waals surface area contributed by atoms with Gasteiger partial charge in [-0.1, -0.05) is 12.1 Å². The van der Waals surface area contributed by atoms with Crippen LogP contribution in [0.2, 0.25) is 0 Å². The molecule has 0 fully saturated rings. The standard InChI is InChI=1S/C17H16FN3/c1-12-5-7-19-10-15(12)11-21-8-6-17(20-21)14-4-3-13(2)16(18)9-14/h3-10H,11H2,1-2H3. The third-order valence-electron chi connectivity index (χ3n) is 3.59. The number of benzene rings is 1. The summed E-state index contributed by atoms with van der Waals surface area (Å²) in [4.78, 5) is 4.14. The average molecular weight is 281 g/mol. The molecule has 0 atom stereocenters. The summed E-state index contributed by atoms with van der Waals surface area (Å²) in [6, 6.07) is 9.07. The monoisotopic (exact) mass is 281 g/mol. The van der Waals surface area contributed by atoms with Crippen molar-refractivity contribution >= 4 is 0 Å². The molecule has 4 heteroatoms. The Morgan fingerprint density at radius 3 is 2.71 bits per heavy atom. The van der Waals surface area contributed by atoms with Crippen molar-refractivity contribution in [2.24, 2.45) is 0 Å². The number of aryl methyl sites for hydroxylation is 2. The number of halogens is 1.